The van der Waals surface area contributed by atoms with Crippen molar-refractivity contribution in [3.63, 3.8) is 0 Å². The number of aromatic nitrogens is 2. The van der Waals surface area contributed by atoms with Crippen LogP contribution in [0.2, 0.25) is 0 Å². The van der Waals surface area contributed by atoms with Gasteiger partial charge < -0.3 is 14.8 Å². The fourth-order valence-electron chi connectivity index (χ4n) is 3.32. The third-order valence-electron chi connectivity index (χ3n) is 4.83. The van der Waals surface area contributed by atoms with Crippen LogP contribution in [0.1, 0.15) is 34.7 Å². The van der Waals surface area contributed by atoms with Gasteiger partial charge >= 0.3 is 5.97 Å². The Kier molecular flexibility index (Phi) is 7.09. The molecule has 0 aliphatic rings. The van der Waals surface area contributed by atoms with Crippen LogP contribution in [0.5, 0.6) is 5.75 Å². The van der Waals surface area contributed by atoms with Crippen molar-refractivity contribution in [2.24, 2.45) is 0 Å². The summed E-state index contributed by atoms with van der Waals surface area (Å²) in [6.45, 7) is 4.22. The second kappa shape index (κ2) is 10.2. The zero-order valence-corrected chi connectivity index (χ0v) is 20.7. The number of carbonyl (C=O) groups is 2. The Hall–Kier alpha value is -3.50. The minimum absolute atomic E-state index is 0.00969. The average Bonchev–Trinajstić information content (AvgIpc) is 3.24. The maximum Gasteiger partial charge on any atom is 0.359 e. The lowest BCUT2D eigenvalue weighted by atomic mass is 10.2. The van der Waals surface area contributed by atoms with Crippen molar-refractivity contribution in [3.05, 3.63) is 80.0 Å². The van der Waals surface area contributed by atoms with Crippen molar-refractivity contribution in [1.29, 1.82) is 0 Å². The molecular formula is C24H20BrN3O5S. The highest BCUT2D eigenvalue weighted by Crippen LogP contribution is 2.31. The minimum atomic E-state index is -0.658. The summed E-state index contributed by atoms with van der Waals surface area (Å²) in [5, 5.41) is 9.54. The number of esters is 1. The van der Waals surface area contributed by atoms with E-state index < -0.39 is 11.5 Å². The van der Waals surface area contributed by atoms with E-state index in [1.807, 2.05) is 13.0 Å². The fraction of sp³-hybridized carbons (Fsp3) is 0.167. The highest BCUT2D eigenvalue weighted by Gasteiger charge is 2.23. The van der Waals surface area contributed by atoms with Crippen LogP contribution >= 0.6 is 27.3 Å². The lowest BCUT2D eigenvalue weighted by Crippen LogP contribution is -2.25. The van der Waals surface area contributed by atoms with E-state index in [4.69, 9.17) is 9.47 Å². The summed E-state index contributed by atoms with van der Waals surface area (Å²) < 4.78 is 12.5. The number of halogens is 1. The number of rotatable bonds is 7. The SMILES string of the molecule is CCOC(=O)c1nn(-c2ccc(OCC)cc2)c(=O)c2c(NC(=O)c3cccc(Br)c3)scc12. The maximum atomic E-state index is 13.5. The number of fused-ring (bicyclic) bond motifs is 1. The Morgan fingerprint density at radius 1 is 1.12 bits per heavy atom. The quantitative estimate of drug-likeness (QED) is 0.329. The van der Waals surface area contributed by atoms with Crippen molar-refractivity contribution < 1.29 is 19.1 Å². The van der Waals surface area contributed by atoms with Crippen LogP contribution in [0, 0.1) is 0 Å². The predicted octanol–water partition coefficient (Wildman–Crippen LogP) is 5.04. The summed E-state index contributed by atoms with van der Waals surface area (Å²) in [7, 11) is 0. The number of amides is 1. The molecule has 0 spiro atoms. The molecule has 0 fully saturated rings. The van der Waals surface area contributed by atoms with Crippen molar-refractivity contribution in [1.82, 2.24) is 9.78 Å². The van der Waals surface area contributed by atoms with Gasteiger partial charge in [0, 0.05) is 20.8 Å². The Bertz CT molecular complexity index is 1430. The highest BCUT2D eigenvalue weighted by atomic mass is 79.9. The van der Waals surface area contributed by atoms with Crippen LogP contribution in [-0.2, 0) is 4.74 Å². The van der Waals surface area contributed by atoms with Gasteiger partial charge in [-0.25, -0.2) is 4.79 Å². The lowest BCUT2D eigenvalue weighted by Gasteiger charge is -2.11. The van der Waals surface area contributed by atoms with Gasteiger partial charge in [-0.2, -0.15) is 9.78 Å². The number of carbonyl (C=O) groups excluding carboxylic acids is 2. The number of ether oxygens (including phenoxy) is 2. The molecule has 34 heavy (non-hydrogen) atoms. The monoisotopic (exact) mass is 541 g/mol. The molecule has 2 aromatic carbocycles. The summed E-state index contributed by atoms with van der Waals surface area (Å²) in [6, 6.07) is 13.7. The second-order valence-electron chi connectivity index (χ2n) is 7.03. The predicted molar refractivity (Wildman–Crippen MR) is 134 cm³/mol. The van der Waals surface area contributed by atoms with E-state index in [0.29, 0.717) is 34.0 Å². The van der Waals surface area contributed by atoms with E-state index in [1.165, 1.54) is 0 Å². The standard InChI is InChI=1S/C24H20BrN3O5S/c1-3-32-17-10-8-16(9-11-17)28-23(30)19-18(20(27-28)24(31)33-4-2)13-34-22(19)26-21(29)14-6-5-7-15(25)12-14/h5-13H,3-4H2,1-2H3,(H,26,29). The van der Waals surface area contributed by atoms with E-state index in [1.54, 1.807) is 54.8 Å². The normalized spacial score (nSPS) is 10.8. The zero-order chi connectivity index (χ0) is 24.2. The van der Waals surface area contributed by atoms with Crippen molar-refractivity contribution >= 4 is 54.9 Å². The molecule has 2 aromatic heterocycles. The van der Waals surface area contributed by atoms with Crippen molar-refractivity contribution in [3.8, 4) is 11.4 Å². The van der Waals surface area contributed by atoms with E-state index >= 15 is 0 Å². The van der Waals surface area contributed by atoms with Crippen molar-refractivity contribution in [2.45, 2.75) is 13.8 Å². The summed E-state index contributed by atoms with van der Waals surface area (Å²) >= 11 is 4.49. The summed E-state index contributed by atoms with van der Waals surface area (Å²) in [6.07, 6.45) is 0. The van der Waals surface area contributed by atoms with E-state index in [9.17, 15) is 14.4 Å². The van der Waals surface area contributed by atoms with Crippen LogP contribution < -0.4 is 15.6 Å². The third-order valence-corrected chi connectivity index (χ3v) is 6.22. The first-order chi connectivity index (χ1) is 16.4. The number of benzene rings is 2. The minimum Gasteiger partial charge on any atom is -0.494 e. The molecule has 0 radical (unpaired) electrons. The average molecular weight is 542 g/mol. The Labute approximate surface area is 207 Å². The van der Waals surface area contributed by atoms with Gasteiger partial charge in [-0.05, 0) is 56.3 Å². The summed E-state index contributed by atoms with van der Waals surface area (Å²) in [5.41, 5.74) is 0.376. The first-order valence-corrected chi connectivity index (χ1v) is 12.1. The Balaban J connectivity index is 1.85. The van der Waals surface area contributed by atoms with Crippen LogP contribution in [-0.4, -0.2) is 34.9 Å². The topological polar surface area (TPSA) is 99.5 Å². The number of hydrogen-bond donors (Lipinski definition) is 1. The van der Waals surface area contributed by atoms with Gasteiger partial charge in [-0.15, -0.1) is 11.3 Å². The molecule has 1 N–H and O–H groups in total. The number of hydrogen-bond acceptors (Lipinski definition) is 7. The highest BCUT2D eigenvalue weighted by molar-refractivity contribution is 9.10. The molecule has 4 rings (SSSR count). The molecule has 0 bridgehead atoms. The Morgan fingerprint density at radius 2 is 1.88 bits per heavy atom. The molecule has 0 saturated carbocycles. The number of anilines is 1. The van der Waals surface area contributed by atoms with Crippen molar-refractivity contribution in [2.75, 3.05) is 18.5 Å². The smallest absolute Gasteiger partial charge is 0.359 e. The van der Waals surface area contributed by atoms with Crippen LogP contribution in [0.3, 0.4) is 0 Å². The summed E-state index contributed by atoms with van der Waals surface area (Å²) in [5.74, 6) is -0.398. The molecule has 0 unspecified atom stereocenters. The van der Waals surface area contributed by atoms with Crippen LogP contribution in [0.15, 0.2) is 63.2 Å². The number of thiophene rings is 1. The Morgan fingerprint density at radius 3 is 2.56 bits per heavy atom. The largest absolute Gasteiger partial charge is 0.494 e. The van der Waals surface area contributed by atoms with Gasteiger partial charge in [-0.1, -0.05) is 22.0 Å². The first-order valence-electron chi connectivity index (χ1n) is 10.4. The molecule has 0 aliphatic carbocycles. The van der Waals surface area contributed by atoms with E-state index in [-0.39, 0.29) is 23.6 Å². The molecule has 1 amide bonds. The van der Waals surface area contributed by atoms with Crippen LogP contribution in [0.4, 0.5) is 5.00 Å². The maximum absolute atomic E-state index is 13.5. The molecule has 4 aromatic rings. The first kappa shape index (κ1) is 23.7. The van der Waals surface area contributed by atoms with Crippen LogP contribution in [0.25, 0.3) is 16.5 Å². The van der Waals surface area contributed by atoms with E-state index in [0.717, 1.165) is 20.5 Å². The third kappa shape index (κ3) is 4.73. The number of nitrogens with one attached hydrogen (secondary N) is 1. The molecule has 10 heteroatoms. The fourth-order valence-corrected chi connectivity index (χ4v) is 4.65. The van der Waals surface area contributed by atoms with Gasteiger partial charge in [0.25, 0.3) is 11.5 Å². The second-order valence-corrected chi connectivity index (χ2v) is 8.83. The zero-order valence-electron chi connectivity index (χ0n) is 18.3. The molecule has 174 valence electrons. The lowest BCUT2D eigenvalue weighted by molar-refractivity contribution is 0.0520. The van der Waals surface area contributed by atoms with Gasteiger partial charge in [0.1, 0.15) is 10.8 Å². The molecule has 2 heterocycles. The number of nitrogens with zero attached hydrogens (tertiary/aromatic N) is 2. The van der Waals surface area contributed by atoms with Gasteiger partial charge in [0.15, 0.2) is 5.69 Å². The van der Waals surface area contributed by atoms with E-state index in [2.05, 4.69) is 26.3 Å². The molecule has 0 saturated heterocycles. The van der Waals surface area contributed by atoms with Gasteiger partial charge in [0.05, 0.1) is 24.3 Å². The molecular weight excluding hydrogens is 522 g/mol. The molecule has 0 aliphatic heterocycles. The van der Waals surface area contributed by atoms with Gasteiger partial charge in [-0.3, -0.25) is 9.59 Å². The molecule has 0 atom stereocenters. The summed E-state index contributed by atoms with van der Waals surface area (Å²) in [4.78, 5) is 39.0. The molecule has 8 nitrogen and oxygen atoms in total. The van der Waals surface area contributed by atoms with Gasteiger partial charge in [0.2, 0.25) is 0 Å².